The van der Waals surface area contributed by atoms with Crippen LogP contribution in [0.5, 0.6) is 0 Å². The average molecular weight is 482 g/mol. The molecule has 2 aliphatic rings. The van der Waals surface area contributed by atoms with E-state index in [0.717, 1.165) is 45.4 Å². The van der Waals surface area contributed by atoms with Gasteiger partial charge >= 0.3 is 5.97 Å². The van der Waals surface area contributed by atoms with Crippen molar-refractivity contribution in [2.45, 2.75) is 45.4 Å². The van der Waals surface area contributed by atoms with E-state index in [-0.39, 0.29) is 17.4 Å². The number of benzene rings is 1. The maximum Gasteiger partial charge on any atom is 0.336 e. The van der Waals surface area contributed by atoms with Crippen LogP contribution in [0, 0.1) is 0 Å². The number of aromatic nitrogens is 1. The first-order valence-electron chi connectivity index (χ1n) is 12.7. The summed E-state index contributed by atoms with van der Waals surface area (Å²) in [5, 5.41) is 13.2. The summed E-state index contributed by atoms with van der Waals surface area (Å²) in [5.74, 6) is -0.298. The largest absolute Gasteiger partial charge is 0.478 e. The second-order valence-electron chi connectivity index (χ2n) is 9.42. The van der Waals surface area contributed by atoms with Crippen molar-refractivity contribution < 1.29 is 19.5 Å². The van der Waals surface area contributed by atoms with Crippen LogP contribution >= 0.6 is 0 Å². The molecule has 3 heterocycles. The van der Waals surface area contributed by atoms with Crippen LogP contribution in [0.25, 0.3) is 10.9 Å². The molecule has 0 radical (unpaired) electrons. The van der Waals surface area contributed by atoms with Crippen molar-refractivity contribution in [3.05, 3.63) is 29.8 Å². The summed E-state index contributed by atoms with van der Waals surface area (Å²) in [6.07, 6.45) is 5.74. The van der Waals surface area contributed by atoms with Crippen molar-refractivity contribution in [3.8, 4) is 0 Å². The summed E-state index contributed by atoms with van der Waals surface area (Å²) in [7, 11) is 0. The Kier molecular flexibility index (Phi) is 8.17. The Morgan fingerprint density at radius 3 is 2.34 bits per heavy atom. The van der Waals surface area contributed by atoms with Gasteiger partial charge in [-0.2, -0.15) is 0 Å². The number of nitrogens with one attached hydrogen (secondary N) is 1. The zero-order valence-corrected chi connectivity index (χ0v) is 20.5. The van der Waals surface area contributed by atoms with Gasteiger partial charge in [0.25, 0.3) is 0 Å². The first-order chi connectivity index (χ1) is 16.9. The fraction of sp³-hybridized carbons (Fsp3) is 0.538. The number of anilines is 2. The highest BCUT2D eigenvalue weighted by atomic mass is 16.4. The summed E-state index contributed by atoms with van der Waals surface area (Å²) in [6, 6.07) is 6.80. The molecule has 9 heteroatoms. The number of hydrogen-bond acceptors (Lipinski definition) is 6. The lowest BCUT2D eigenvalue weighted by molar-refractivity contribution is -0.132. The van der Waals surface area contributed by atoms with Gasteiger partial charge in [-0.3, -0.25) is 14.5 Å². The van der Waals surface area contributed by atoms with Crippen LogP contribution in [0.3, 0.4) is 0 Å². The lowest BCUT2D eigenvalue weighted by atomic mass is 10.1. The summed E-state index contributed by atoms with van der Waals surface area (Å²) in [4.78, 5) is 47.7. The Hall–Kier alpha value is -3.20. The van der Waals surface area contributed by atoms with E-state index in [1.54, 1.807) is 24.3 Å². The Labute approximate surface area is 206 Å². The van der Waals surface area contributed by atoms with Crippen molar-refractivity contribution in [1.29, 1.82) is 0 Å². The molecule has 1 aromatic heterocycles. The summed E-state index contributed by atoms with van der Waals surface area (Å²) < 4.78 is 0. The summed E-state index contributed by atoms with van der Waals surface area (Å²) in [6.45, 7) is 6.90. The van der Waals surface area contributed by atoms with Gasteiger partial charge in [-0.25, -0.2) is 9.78 Å². The van der Waals surface area contributed by atoms with E-state index >= 15 is 0 Å². The molecule has 0 spiro atoms. The van der Waals surface area contributed by atoms with Crippen LogP contribution in [0.1, 0.15) is 55.8 Å². The van der Waals surface area contributed by atoms with Crippen molar-refractivity contribution in [3.63, 3.8) is 0 Å². The second kappa shape index (κ2) is 11.5. The Morgan fingerprint density at radius 2 is 1.69 bits per heavy atom. The molecule has 2 fully saturated rings. The molecule has 9 nitrogen and oxygen atoms in total. The first-order valence-corrected chi connectivity index (χ1v) is 12.7. The number of pyridine rings is 1. The molecule has 0 bridgehead atoms. The van der Waals surface area contributed by atoms with Gasteiger partial charge in [0.2, 0.25) is 11.8 Å². The standard InChI is InChI=1S/C26H35N5O4/c1-2-7-24(32)27-19-8-9-22-20(16-19)21(26(34)35)17-23(28-22)30-14-12-29(13-15-30)18-25(33)31-10-5-3-4-6-11-31/h8-9,16-17H,2-7,10-15,18H2,1H3,(H,27,32)(H,34,35). The highest BCUT2D eigenvalue weighted by Crippen LogP contribution is 2.27. The molecule has 2 aromatic rings. The van der Waals surface area contributed by atoms with E-state index in [1.807, 2.05) is 11.8 Å². The molecule has 35 heavy (non-hydrogen) atoms. The first kappa shape index (κ1) is 24.9. The molecule has 2 saturated heterocycles. The molecular weight excluding hydrogens is 446 g/mol. The number of fused-ring (bicyclic) bond motifs is 1. The van der Waals surface area contributed by atoms with E-state index in [1.165, 1.54) is 12.8 Å². The molecule has 2 N–H and O–H groups in total. The molecule has 0 aliphatic carbocycles. The van der Waals surface area contributed by atoms with Gasteiger partial charge in [-0.1, -0.05) is 19.8 Å². The Balaban J connectivity index is 1.43. The molecule has 1 aromatic carbocycles. The van der Waals surface area contributed by atoms with Crippen LogP contribution in [0.2, 0.25) is 0 Å². The number of carboxylic acid groups (broad SMARTS) is 1. The number of rotatable bonds is 7. The maximum absolute atomic E-state index is 12.7. The van der Waals surface area contributed by atoms with Gasteiger partial charge < -0.3 is 20.2 Å². The molecule has 2 aliphatic heterocycles. The van der Waals surface area contributed by atoms with Gasteiger partial charge in [-0.15, -0.1) is 0 Å². The zero-order valence-electron chi connectivity index (χ0n) is 20.5. The number of carbonyl (C=O) groups excluding carboxylic acids is 2. The SMILES string of the molecule is CCCC(=O)Nc1ccc2nc(N3CCN(CC(=O)N4CCCCCC4)CC3)cc(C(=O)O)c2c1. The predicted molar refractivity (Wildman–Crippen MR) is 136 cm³/mol. The zero-order chi connectivity index (χ0) is 24.8. The van der Waals surface area contributed by atoms with E-state index < -0.39 is 5.97 Å². The minimum absolute atomic E-state index is 0.0968. The van der Waals surface area contributed by atoms with Crippen LogP contribution < -0.4 is 10.2 Å². The normalized spacial score (nSPS) is 17.3. The third kappa shape index (κ3) is 6.28. The van der Waals surface area contributed by atoms with E-state index in [2.05, 4.69) is 15.1 Å². The highest BCUT2D eigenvalue weighted by molar-refractivity contribution is 6.05. The van der Waals surface area contributed by atoms with Crippen LogP contribution in [-0.2, 0) is 9.59 Å². The van der Waals surface area contributed by atoms with E-state index in [0.29, 0.717) is 48.5 Å². The van der Waals surface area contributed by atoms with E-state index in [4.69, 9.17) is 4.98 Å². The lowest BCUT2D eigenvalue weighted by Gasteiger charge is -2.36. The number of likely N-dealkylation sites (tertiary alicyclic amines) is 1. The number of hydrogen-bond donors (Lipinski definition) is 2. The Bertz CT molecular complexity index is 1070. The van der Waals surface area contributed by atoms with Crippen LogP contribution in [-0.4, -0.2) is 83.5 Å². The fourth-order valence-corrected chi connectivity index (χ4v) is 4.83. The molecular formula is C26H35N5O4. The van der Waals surface area contributed by atoms with E-state index in [9.17, 15) is 19.5 Å². The van der Waals surface area contributed by atoms with Gasteiger partial charge in [0.15, 0.2) is 0 Å². The minimum atomic E-state index is -1.03. The quantitative estimate of drug-likeness (QED) is 0.626. The maximum atomic E-state index is 12.7. The number of aromatic carboxylic acids is 1. The minimum Gasteiger partial charge on any atom is -0.478 e. The van der Waals surface area contributed by atoms with Gasteiger partial charge in [0.1, 0.15) is 5.82 Å². The third-order valence-electron chi connectivity index (χ3n) is 6.80. The van der Waals surface area contributed by atoms with Gasteiger partial charge in [0, 0.05) is 56.8 Å². The number of carbonyl (C=O) groups is 3. The van der Waals surface area contributed by atoms with Gasteiger partial charge in [0.05, 0.1) is 17.6 Å². The predicted octanol–water partition coefficient (Wildman–Crippen LogP) is 3.20. The topological polar surface area (TPSA) is 106 Å². The summed E-state index contributed by atoms with van der Waals surface area (Å²) >= 11 is 0. The fourth-order valence-electron chi connectivity index (χ4n) is 4.83. The van der Waals surface area contributed by atoms with Crippen molar-refractivity contribution >= 4 is 40.2 Å². The molecule has 0 saturated carbocycles. The van der Waals surface area contributed by atoms with Gasteiger partial charge in [-0.05, 0) is 43.5 Å². The number of carboxylic acids is 1. The average Bonchev–Trinajstić information content (AvgIpc) is 3.14. The van der Waals surface area contributed by atoms with Crippen LogP contribution in [0.15, 0.2) is 24.3 Å². The second-order valence-corrected chi connectivity index (χ2v) is 9.42. The summed E-state index contributed by atoms with van der Waals surface area (Å²) in [5.41, 5.74) is 1.30. The molecule has 0 atom stereocenters. The van der Waals surface area contributed by atoms with Crippen molar-refractivity contribution in [1.82, 2.24) is 14.8 Å². The van der Waals surface area contributed by atoms with Crippen molar-refractivity contribution in [2.24, 2.45) is 0 Å². The number of amides is 2. The third-order valence-corrected chi connectivity index (χ3v) is 6.80. The van der Waals surface area contributed by atoms with Crippen LogP contribution in [0.4, 0.5) is 11.5 Å². The highest BCUT2D eigenvalue weighted by Gasteiger charge is 2.24. The smallest absolute Gasteiger partial charge is 0.336 e. The van der Waals surface area contributed by atoms with Crippen molar-refractivity contribution in [2.75, 3.05) is 56.0 Å². The molecule has 188 valence electrons. The number of piperazine rings is 1. The molecule has 2 amide bonds. The number of nitrogens with zero attached hydrogens (tertiary/aromatic N) is 4. The Morgan fingerprint density at radius 1 is 0.971 bits per heavy atom. The monoisotopic (exact) mass is 481 g/mol. The molecule has 4 rings (SSSR count). The molecule has 0 unspecified atom stereocenters. The lowest BCUT2D eigenvalue weighted by Crippen LogP contribution is -2.50.